The molecule has 3 nitrogen and oxygen atoms in total. The lowest BCUT2D eigenvalue weighted by Crippen LogP contribution is -2.14. The molecule has 0 saturated carbocycles. The molecule has 18 heavy (non-hydrogen) atoms. The zero-order chi connectivity index (χ0) is 12.5. The maximum absolute atomic E-state index is 6.27. The Morgan fingerprint density at radius 3 is 2.89 bits per heavy atom. The molecule has 2 aromatic rings. The third kappa shape index (κ3) is 1.85. The summed E-state index contributed by atoms with van der Waals surface area (Å²) in [6, 6.07) is 9.99. The lowest BCUT2D eigenvalue weighted by molar-refractivity contribution is 0.632. The topological polar surface area (TPSA) is 54.7 Å². The first kappa shape index (κ1) is 11.5. The highest BCUT2D eigenvalue weighted by Gasteiger charge is 2.26. The molecule has 3 N–H and O–H groups in total. The largest absolute Gasteiger partial charge is 0.344 e. The molecule has 1 aromatic heterocycles. The van der Waals surface area contributed by atoms with Crippen molar-refractivity contribution in [1.29, 1.82) is 0 Å². The lowest BCUT2D eigenvalue weighted by Gasteiger charge is -2.10. The molecule has 0 radical (unpaired) electrons. The van der Waals surface area contributed by atoms with Gasteiger partial charge in [-0.2, -0.15) is 0 Å². The van der Waals surface area contributed by atoms with Gasteiger partial charge in [-0.3, -0.25) is 0 Å². The number of hydrogen-bond acceptors (Lipinski definition) is 2. The highest BCUT2D eigenvalue weighted by Crippen LogP contribution is 2.34. The Hall–Kier alpha value is -1.61. The summed E-state index contributed by atoms with van der Waals surface area (Å²) in [5.41, 5.74) is 9.92. The predicted molar refractivity (Wildman–Crippen MR) is 72.4 cm³/mol. The summed E-state index contributed by atoms with van der Waals surface area (Å²) in [6.45, 7) is 2.23. The normalized spacial score (nSPS) is 19.8. The molecule has 0 bridgehead atoms. The molecule has 1 heterocycles. The second-order valence-electron chi connectivity index (χ2n) is 5.02. The zero-order valence-electron chi connectivity index (χ0n) is 10.7. The van der Waals surface area contributed by atoms with E-state index < -0.39 is 0 Å². The SMILES string of the molecule is CCC1CCc2[nH]c(C(N)c3ccccc3)nc21. The maximum atomic E-state index is 6.27. The average Bonchev–Trinajstić information content (AvgIpc) is 2.98. The standard InChI is InChI=1S/C15H19N3/c1-2-10-8-9-12-14(10)18-15(17-12)13(16)11-6-4-3-5-7-11/h3-7,10,13H,2,8-9,16H2,1H3,(H,17,18). The van der Waals surface area contributed by atoms with Crippen molar-refractivity contribution in [2.24, 2.45) is 5.73 Å². The van der Waals surface area contributed by atoms with Crippen LogP contribution in [-0.4, -0.2) is 9.97 Å². The van der Waals surface area contributed by atoms with Gasteiger partial charge in [0, 0.05) is 11.6 Å². The van der Waals surface area contributed by atoms with Crippen LogP contribution in [0.5, 0.6) is 0 Å². The van der Waals surface area contributed by atoms with Gasteiger partial charge in [0.05, 0.1) is 11.7 Å². The maximum Gasteiger partial charge on any atom is 0.128 e. The van der Waals surface area contributed by atoms with E-state index in [1.54, 1.807) is 0 Å². The molecular weight excluding hydrogens is 222 g/mol. The van der Waals surface area contributed by atoms with E-state index in [1.165, 1.54) is 17.8 Å². The molecule has 2 unspecified atom stereocenters. The summed E-state index contributed by atoms with van der Waals surface area (Å²) < 4.78 is 0. The number of hydrogen-bond donors (Lipinski definition) is 2. The van der Waals surface area contributed by atoms with Crippen molar-refractivity contribution >= 4 is 0 Å². The fourth-order valence-electron chi connectivity index (χ4n) is 2.79. The number of H-pyrrole nitrogens is 1. The minimum Gasteiger partial charge on any atom is -0.344 e. The molecule has 2 atom stereocenters. The quantitative estimate of drug-likeness (QED) is 0.868. The molecule has 0 aliphatic heterocycles. The van der Waals surface area contributed by atoms with Crippen molar-refractivity contribution in [3.63, 3.8) is 0 Å². The van der Waals surface area contributed by atoms with E-state index in [0.29, 0.717) is 5.92 Å². The molecule has 0 fully saturated rings. The van der Waals surface area contributed by atoms with E-state index >= 15 is 0 Å². The average molecular weight is 241 g/mol. The number of aromatic amines is 1. The van der Waals surface area contributed by atoms with E-state index in [2.05, 4.69) is 24.0 Å². The fourth-order valence-corrected chi connectivity index (χ4v) is 2.79. The highest BCUT2D eigenvalue weighted by molar-refractivity contribution is 5.30. The number of nitrogens with one attached hydrogen (secondary N) is 1. The molecule has 1 aliphatic rings. The van der Waals surface area contributed by atoms with E-state index in [9.17, 15) is 0 Å². The van der Waals surface area contributed by atoms with Crippen LogP contribution < -0.4 is 5.73 Å². The van der Waals surface area contributed by atoms with Crippen molar-refractivity contribution in [3.8, 4) is 0 Å². The van der Waals surface area contributed by atoms with Crippen LogP contribution in [0.1, 0.15) is 54.5 Å². The first-order valence-electron chi connectivity index (χ1n) is 6.68. The summed E-state index contributed by atoms with van der Waals surface area (Å²) in [4.78, 5) is 8.16. The van der Waals surface area contributed by atoms with Crippen molar-refractivity contribution in [1.82, 2.24) is 9.97 Å². The van der Waals surface area contributed by atoms with Crippen LogP contribution in [0, 0.1) is 0 Å². The van der Waals surface area contributed by atoms with Gasteiger partial charge in [0.25, 0.3) is 0 Å². The van der Waals surface area contributed by atoms with Crippen LogP contribution >= 0.6 is 0 Å². The van der Waals surface area contributed by atoms with Crippen molar-refractivity contribution in [2.75, 3.05) is 0 Å². The number of aryl methyl sites for hydroxylation is 1. The Kier molecular flexibility index (Phi) is 2.92. The first-order chi connectivity index (χ1) is 8.79. The molecule has 1 aliphatic carbocycles. The van der Waals surface area contributed by atoms with Gasteiger partial charge < -0.3 is 10.7 Å². The highest BCUT2D eigenvalue weighted by atomic mass is 15.0. The molecular formula is C15H19N3. The first-order valence-corrected chi connectivity index (χ1v) is 6.68. The summed E-state index contributed by atoms with van der Waals surface area (Å²) in [6.07, 6.45) is 3.51. The van der Waals surface area contributed by atoms with E-state index in [1.807, 2.05) is 18.2 Å². The summed E-state index contributed by atoms with van der Waals surface area (Å²) >= 11 is 0. The van der Waals surface area contributed by atoms with Gasteiger partial charge in [-0.15, -0.1) is 0 Å². The van der Waals surface area contributed by atoms with Gasteiger partial charge in [0.15, 0.2) is 0 Å². The molecule has 3 rings (SSSR count). The van der Waals surface area contributed by atoms with Gasteiger partial charge in [-0.1, -0.05) is 37.3 Å². The van der Waals surface area contributed by atoms with Crippen LogP contribution in [0.15, 0.2) is 30.3 Å². The zero-order valence-corrected chi connectivity index (χ0v) is 10.7. The second-order valence-corrected chi connectivity index (χ2v) is 5.02. The molecule has 1 aromatic carbocycles. The minimum atomic E-state index is -0.144. The van der Waals surface area contributed by atoms with E-state index in [-0.39, 0.29) is 6.04 Å². The number of aromatic nitrogens is 2. The molecule has 0 spiro atoms. The number of fused-ring (bicyclic) bond motifs is 1. The Balaban J connectivity index is 1.90. The smallest absolute Gasteiger partial charge is 0.128 e. The second kappa shape index (κ2) is 4.58. The van der Waals surface area contributed by atoms with Crippen LogP contribution in [-0.2, 0) is 6.42 Å². The Labute approximate surface area is 107 Å². The number of rotatable bonds is 3. The van der Waals surface area contributed by atoms with E-state index in [4.69, 9.17) is 10.7 Å². The summed E-state index contributed by atoms with van der Waals surface area (Å²) in [5.74, 6) is 1.53. The molecule has 94 valence electrons. The third-order valence-electron chi connectivity index (χ3n) is 3.90. The monoisotopic (exact) mass is 241 g/mol. The van der Waals surface area contributed by atoms with Gasteiger partial charge in [0.1, 0.15) is 5.82 Å². The van der Waals surface area contributed by atoms with Crippen LogP contribution in [0.25, 0.3) is 0 Å². The number of imidazole rings is 1. The Morgan fingerprint density at radius 1 is 1.39 bits per heavy atom. The summed E-state index contributed by atoms with van der Waals surface area (Å²) in [7, 11) is 0. The fraction of sp³-hybridized carbons (Fsp3) is 0.400. The molecule has 0 amide bonds. The lowest BCUT2D eigenvalue weighted by atomic mass is 10.0. The van der Waals surface area contributed by atoms with Crippen molar-refractivity contribution in [3.05, 3.63) is 53.1 Å². The number of benzene rings is 1. The summed E-state index contributed by atoms with van der Waals surface area (Å²) in [5, 5.41) is 0. The van der Waals surface area contributed by atoms with Gasteiger partial charge in [-0.05, 0) is 24.8 Å². The minimum absolute atomic E-state index is 0.144. The molecule has 3 heteroatoms. The third-order valence-corrected chi connectivity index (χ3v) is 3.90. The van der Waals surface area contributed by atoms with Gasteiger partial charge in [0.2, 0.25) is 0 Å². The molecule has 0 saturated heterocycles. The number of nitrogens with zero attached hydrogens (tertiary/aromatic N) is 1. The van der Waals surface area contributed by atoms with Crippen LogP contribution in [0.4, 0.5) is 0 Å². The van der Waals surface area contributed by atoms with Crippen molar-refractivity contribution < 1.29 is 0 Å². The van der Waals surface area contributed by atoms with Crippen LogP contribution in [0.2, 0.25) is 0 Å². The Morgan fingerprint density at radius 2 is 2.17 bits per heavy atom. The van der Waals surface area contributed by atoms with Gasteiger partial charge in [-0.25, -0.2) is 4.98 Å². The van der Waals surface area contributed by atoms with Crippen molar-refractivity contribution in [2.45, 2.75) is 38.1 Å². The predicted octanol–water partition coefficient (Wildman–Crippen LogP) is 2.90. The number of nitrogens with two attached hydrogens (primary N) is 1. The van der Waals surface area contributed by atoms with E-state index in [0.717, 1.165) is 24.2 Å². The van der Waals surface area contributed by atoms with Crippen LogP contribution in [0.3, 0.4) is 0 Å². The Bertz CT molecular complexity index is 530. The van der Waals surface area contributed by atoms with Gasteiger partial charge >= 0.3 is 0 Å².